The highest BCUT2D eigenvalue weighted by Crippen LogP contribution is 2.27. The highest BCUT2D eigenvalue weighted by atomic mass is 16.2. The van der Waals surface area contributed by atoms with E-state index in [2.05, 4.69) is 35.9 Å². The number of nitrogens with one attached hydrogen (secondary N) is 1. The Morgan fingerprint density at radius 2 is 1.95 bits per heavy atom. The van der Waals surface area contributed by atoms with Crippen LogP contribution in [0.15, 0.2) is 0 Å². The standard InChI is InChI=1S/C16H31N3O/c1-4-7-16(8-6-9-17-16)15(20)19-12-10-18(11-13-19)14(3)5-2/h14,17H,4-13H2,1-3H3. The van der Waals surface area contributed by atoms with Crippen molar-refractivity contribution in [1.82, 2.24) is 15.1 Å². The molecule has 2 aliphatic rings. The monoisotopic (exact) mass is 281 g/mol. The molecular formula is C16H31N3O. The first-order chi connectivity index (χ1) is 9.63. The summed E-state index contributed by atoms with van der Waals surface area (Å²) in [5, 5.41) is 3.51. The molecule has 1 N–H and O–H groups in total. The molecule has 0 aromatic carbocycles. The summed E-state index contributed by atoms with van der Waals surface area (Å²) in [6.07, 6.45) is 5.40. The second-order valence-corrected chi connectivity index (χ2v) is 6.45. The van der Waals surface area contributed by atoms with E-state index in [0.29, 0.717) is 11.9 Å². The van der Waals surface area contributed by atoms with E-state index in [4.69, 9.17) is 0 Å². The number of nitrogens with zero attached hydrogens (tertiary/aromatic N) is 2. The number of hydrogen-bond donors (Lipinski definition) is 1. The summed E-state index contributed by atoms with van der Waals surface area (Å²) in [5.74, 6) is 0.362. The molecule has 4 heteroatoms. The van der Waals surface area contributed by atoms with Crippen LogP contribution in [0.5, 0.6) is 0 Å². The van der Waals surface area contributed by atoms with Crippen LogP contribution in [0.4, 0.5) is 0 Å². The van der Waals surface area contributed by atoms with E-state index >= 15 is 0 Å². The van der Waals surface area contributed by atoms with Gasteiger partial charge in [0.05, 0.1) is 5.54 Å². The van der Waals surface area contributed by atoms with Gasteiger partial charge in [0, 0.05) is 32.2 Å². The molecule has 2 heterocycles. The minimum atomic E-state index is -0.243. The van der Waals surface area contributed by atoms with Gasteiger partial charge in [0.15, 0.2) is 0 Å². The van der Waals surface area contributed by atoms with Gasteiger partial charge >= 0.3 is 0 Å². The van der Waals surface area contributed by atoms with Gasteiger partial charge in [-0.15, -0.1) is 0 Å². The summed E-state index contributed by atoms with van der Waals surface area (Å²) in [4.78, 5) is 17.5. The van der Waals surface area contributed by atoms with Gasteiger partial charge in [0.1, 0.15) is 0 Å². The molecule has 2 aliphatic heterocycles. The highest BCUT2D eigenvalue weighted by molar-refractivity contribution is 5.87. The fourth-order valence-corrected chi connectivity index (χ4v) is 3.66. The summed E-state index contributed by atoms with van der Waals surface area (Å²) in [6, 6.07) is 0.640. The first-order valence-electron chi connectivity index (χ1n) is 8.41. The number of carbonyl (C=O) groups excluding carboxylic acids is 1. The molecule has 0 bridgehead atoms. The average Bonchev–Trinajstić information content (AvgIpc) is 2.96. The third-order valence-electron chi connectivity index (χ3n) is 5.15. The van der Waals surface area contributed by atoms with Crippen molar-refractivity contribution in [3.8, 4) is 0 Å². The van der Waals surface area contributed by atoms with Gasteiger partial charge < -0.3 is 10.2 Å². The number of piperazine rings is 1. The fourth-order valence-electron chi connectivity index (χ4n) is 3.66. The zero-order valence-corrected chi connectivity index (χ0v) is 13.5. The lowest BCUT2D eigenvalue weighted by Crippen LogP contribution is -2.59. The van der Waals surface area contributed by atoms with E-state index in [9.17, 15) is 4.79 Å². The molecule has 2 atom stereocenters. The molecule has 116 valence electrons. The van der Waals surface area contributed by atoms with Crippen molar-refractivity contribution in [1.29, 1.82) is 0 Å². The molecule has 2 saturated heterocycles. The Balaban J connectivity index is 1.93. The lowest BCUT2D eigenvalue weighted by molar-refractivity contribution is -0.140. The smallest absolute Gasteiger partial charge is 0.242 e. The van der Waals surface area contributed by atoms with Gasteiger partial charge in [0.2, 0.25) is 5.91 Å². The van der Waals surface area contributed by atoms with E-state index in [1.54, 1.807) is 0 Å². The first kappa shape index (κ1) is 15.8. The van der Waals surface area contributed by atoms with Crippen molar-refractivity contribution >= 4 is 5.91 Å². The molecule has 20 heavy (non-hydrogen) atoms. The largest absolute Gasteiger partial charge is 0.339 e. The lowest BCUT2D eigenvalue weighted by atomic mass is 9.90. The minimum absolute atomic E-state index is 0.243. The Morgan fingerprint density at radius 3 is 2.45 bits per heavy atom. The lowest BCUT2D eigenvalue weighted by Gasteiger charge is -2.41. The van der Waals surface area contributed by atoms with Gasteiger partial charge in [0.25, 0.3) is 0 Å². The molecule has 2 fully saturated rings. The molecule has 2 rings (SSSR count). The fraction of sp³-hybridized carbons (Fsp3) is 0.938. The van der Waals surface area contributed by atoms with Gasteiger partial charge in [-0.2, -0.15) is 0 Å². The topological polar surface area (TPSA) is 35.6 Å². The Kier molecular flexibility index (Phi) is 5.44. The molecular weight excluding hydrogens is 250 g/mol. The molecule has 0 radical (unpaired) electrons. The summed E-state index contributed by atoms with van der Waals surface area (Å²) < 4.78 is 0. The third-order valence-corrected chi connectivity index (χ3v) is 5.15. The van der Waals surface area contributed by atoms with Crippen LogP contribution in [0.2, 0.25) is 0 Å². The van der Waals surface area contributed by atoms with Crippen molar-refractivity contribution in [3.05, 3.63) is 0 Å². The second kappa shape index (κ2) is 6.90. The van der Waals surface area contributed by atoms with Crippen molar-refractivity contribution in [2.24, 2.45) is 0 Å². The van der Waals surface area contributed by atoms with Crippen LogP contribution in [-0.4, -0.2) is 60.0 Å². The molecule has 1 amide bonds. The van der Waals surface area contributed by atoms with Crippen molar-refractivity contribution in [2.45, 2.75) is 64.5 Å². The summed E-state index contributed by atoms with van der Waals surface area (Å²) in [5.41, 5.74) is -0.243. The van der Waals surface area contributed by atoms with E-state index in [1.807, 2.05) is 0 Å². The Hall–Kier alpha value is -0.610. The molecule has 0 saturated carbocycles. The highest BCUT2D eigenvalue weighted by Gasteiger charge is 2.43. The minimum Gasteiger partial charge on any atom is -0.339 e. The van der Waals surface area contributed by atoms with Gasteiger partial charge in [-0.1, -0.05) is 20.3 Å². The van der Waals surface area contributed by atoms with E-state index in [1.165, 1.54) is 6.42 Å². The van der Waals surface area contributed by atoms with Crippen LogP contribution in [0.1, 0.15) is 52.9 Å². The zero-order valence-electron chi connectivity index (χ0n) is 13.5. The maximum atomic E-state index is 12.9. The van der Waals surface area contributed by atoms with E-state index in [0.717, 1.165) is 58.4 Å². The molecule has 0 aromatic rings. The van der Waals surface area contributed by atoms with Crippen molar-refractivity contribution in [3.63, 3.8) is 0 Å². The SMILES string of the molecule is CCCC1(C(=O)N2CCN(C(C)CC)CC2)CCCN1. The summed E-state index contributed by atoms with van der Waals surface area (Å²) in [6.45, 7) is 11.6. The van der Waals surface area contributed by atoms with E-state index in [-0.39, 0.29) is 5.54 Å². The van der Waals surface area contributed by atoms with Crippen LogP contribution in [0.3, 0.4) is 0 Å². The van der Waals surface area contributed by atoms with Crippen LogP contribution in [0, 0.1) is 0 Å². The molecule has 0 aliphatic carbocycles. The number of hydrogen-bond acceptors (Lipinski definition) is 3. The van der Waals surface area contributed by atoms with Gasteiger partial charge in [-0.05, 0) is 39.2 Å². The van der Waals surface area contributed by atoms with Crippen LogP contribution < -0.4 is 5.32 Å². The van der Waals surface area contributed by atoms with E-state index < -0.39 is 0 Å². The number of rotatable bonds is 5. The quantitative estimate of drug-likeness (QED) is 0.835. The van der Waals surface area contributed by atoms with Crippen LogP contribution in [0.25, 0.3) is 0 Å². The normalized spacial score (nSPS) is 29.6. The Labute approximate surface area is 123 Å². The predicted octanol–water partition coefficient (Wildman–Crippen LogP) is 1.85. The number of carbonyl (C=O) groups is 1. The molecule has 0 spiro atoms. The molecule has 4 nitrogen and oxygen atoms in total. The average molecular weight is 281 g/mol. The summed E-state index contributed by atoms with van der Waals surface area (Å²) in [7, 11) is 0. The van der Waals surface area contributed by atoms with Crippen LogP contribution >= 0.6 is 0 Å². The Morgan fingerprint density at radius 1 is 1.25 bits per heavy atom. The Bertz CT molecular complexity index is 318. The molecule has 2 unspecified atom stereocenters. The first-order valence-corrected chi connectivity index (χ1v) is 8.41. The number of amides is 1. The molecule has 0 aromatic heterocycles. The van der Waals surface area contributed by atoms with Crippen LogP contribution in [-0.2, 0) is 4.79 Å². The third kappa shape index (κ3) is 3.17. The van der Waals surface area contributed by atoms with Gasteiger partial charge in [-0.25, -0.2) is 0 Å². The van der Waals surface area contributed by atoms with Crippen molar-refractivity contribution < 1.29 is 4.79 Å². The maximum Gasteiger partial charge on any atom is 0.242 e. The van der Waals surface area contributed by atoms with Crippen molar-refractivity contribution in [2.75, 3.05) is 32.7 Å². The summed E-state index contributed by atoms with van der Waals surface area (Å²) >= 11 is 0. The zero-order chi connectivity index (χ0) is 14.6. The second-order valence-electron chi connectivity index (χ2n) is 6.45. The maximum absolute atomic E-state index is 12.9. The predicted molar refractivity (Wildman–Crippen MR) is 82.8 cm³/mol. The van der Waals surface area contributed by atoms with Gasteiger partial charge in [-0.3, -0.25) is 9.69 Å².